The summed E-state index contributed by atoms with van der Waals surface area (Å²) in [5.41, 5.74) is 0.0316. The van der Waals surface area contributed by atoms with Crippen LogP contribution in [0.15, 0.2) is 12.1 Å². The molecule has 2 unspecified atom stereocenters. The van der Waals surface area contributed by atoms with Crippen LogP contribution in [0.1, 0.15) is 25.7 Å². The highest BCUT2D eigenvalue weighted by Crippen LogP contribution is 2.34. The highest BCUT2D eigenvalue weighted by Gasteiger charge is 2.37. The summed E-state index contributed by atoms with van der Waals surface area (Å²) in [7, 11) is 3.41. The van der Waals surface area contributed by atoms with Crippen molar-refractivity contribution in [3.05, 3.63) is 22.2 Å². The van der Waals surface area contributed by atoms with E-state index in [-0.39, 0.29) is 16.7 Å². The van der Waals surface area contributed by atoms with E-state index in [0.717, 1.165) is 12.8 Å². The molecule has 3 heterocycles. The molecule has 7 nitrogen and oxygen atoms in total. The van der Waals surface area contributed by atoms with E-state index in [0.29, 0.717) is 23.8 Å². The number of nitro groups is 1. The summed E-state index contributed by atoms with van der Waals surface area (Å²) in [4.78, 5) is 17.1. The van der Waals surface area contributed by atoms with Gasteiger partial charge in [-0.1, -0.05) is 0 Å². The molecule has 0 amide bonds. The van der Waals surface area contributed by atoms with Crippen LogP contribution in [0.2, 0.25) is 0 Å². The lowest BCUT2D eigenvalue weighted by molar-refractivity contribution is -0.384. The molecule has 3 rings (SSSR count). The van der Waals surface area contributed by atoms with Gasteiger partial charge in [-0.05, 0) is 25.7 Å². The molecule has 1 aromatic heterocycles. The van der Waals surface area contributed by atoms with Crippen molar-refractivity contribution in [3.63, 3.8) is 0 Å². The van der Waals surface area contributed by atoms with E-state index in [1.54, 1.807) is 0 Å². The van der Waals surface area contributed by atoms with E-state index in [1.807, 2.05) is 11.9 Å². The molecule has 0 spiro atoms. The number of hydrogen-bond acceptors (Lipinski definition) is 6. The Morgan fingerprint density at radius 2 is 2.05 bits per heavy atom. The number of ether oxygens (including phenoxy) is 1. The molecule has 0 aliphatic carbocycles. The maximum atomic E-state index is 11.2. The van der Waals surface area contributed by atoms with Gasteiger partial charge in [0.15, 0.2) is 0 Å². The van der Waals surface area contributed by atoms with Gasteiger partial charge in [0.05, 0.1) is 12.0 Å². The Kier molecular flexibility index (Phi) is 3.67. The molecule has 2 saturated heterocycles. The van der Waals surface area contributed by atoms with Crippen LogP contribution in [0.5, 0.6) is 5.88 Å². The molecule has 2 aliphatic rings. The fourth-order valence-electron chi connectivity index (χ4n) is 3.46. The Bertz CT molecular complexity index is 539. The van der Waals surface area contributed by atoms with E-state index in [1.165, 1.54) is 32.1 Å². The van der Waals surface area contributed by atoms with Gasteiger partial charge in [0.1, 0.15) is 0 Å². The Morgan fingerprint density at radius 3 is 2.62 bits per heavy atom. The fraction of sp³-hybridized carbons (Fsp3) is 0.643. The van der Waals surface area contributed by atoms with Crippen molar-refractivity contribution in [1.29, 1.82) is 0 Å². The van der Waals surface area contributed by atoms with Crippen molar-refractivity contribution in [2.45, 2.75) is 43.8 Å². The maximum Gasteiger partial charge on any atom is 0.311 e. The zero-order valence-corrected chi connectivity index (χ0v) is 12.3. The molecular formula is C14H20N4O3. The quantitative estimate of drug-likeness (QED) is 0.672. The minimum absolute atomic E-state index is 0.0316. The van der Waals surface area contributed by atoms with Crippen molar-refractivity contribution in [2.24, 2.45) is 0 Å². The van der Waals surface area contributed by atoms with Gasteiger partial charge in [0.25, 0.3) is 0 Å². The Hall–Kier alpha value is -1.89. The Balaban J connectivity index is 1.89. The molecule has 2 bridgehead atoms. The molecule has 7 heteroatoms. The van der Waals surface area contributed by atoms with Crippen molar-refractivity contribution in [2.75, 3.05) is 19.1 Å². The zero-order valence-electron chi connectivity index (χ0n) is 12.3. The topological polar surface area (TPSA) is 80.5 Å². The number of nitrogens with zero attached hydrogens (tertiary/aromatic N) is 3. The van der Waals surface area contributed by atoms with Crippen LogP contribution in [-0.4, -0.2) is 42.2 Å². The van der Waals surface area contributed by atoms with Gasteiger partial charge in [0, 0.05) is 37.3 Å². The molecule has 114 valence electrons. The average molecular weight is 292 g/mol. The van der Waals surface area contributed by atoms with E-state index in [4.69, 9.17) is 4.74 Å². The monoisotopic (exact) mass is 292 g/mol. The highest BCUT2D eigenvalue weighted by atomic mass is 16.6. The predicted molar refractivity (Wildman–Crippen MR) is 78.8 cm³/mol. The smallest absolute Gasteiger partial charge is 0.311 e. The molecule has 0 aromatic carbocycles. The Morgan fingerprint density at radius 1 is 1.38 bits per heavy atom. The molecule has 1 aromatic rings. The first-order valence-corrected chi connectivity index (χ1v) is 7.26. The van der Waals surface area contributed by atoms with E-state index >= 15 is 0 Å². The summed E-state index contributed by atoms with van der Waals surface area (Å²) in [6.07, 6.45) is 4.40. The minimum Gasteiger partial charge on any atom is -0.481 e. The van der Waals surface area contributed by atoms with Gasteiger partial charge in [0.2, 0.25) is 11.7 Å². The molecule has 21 heavy (non-hydrogen) atoms. The van der Waals surface area contributed by atoms with Crippen LogP contribution in [0.3, 0.4) is 0 Å². The molecular weight excluding hydrogens is 272 g/mol. The largest absolute Gasteiger partial charge is 0.481 e. The van der Waals surface area contributed by atoms with E-state index in [9.17, 15) is 10.1 Å². The predicted octanol–water partition coefficient (Wildman–Crippen LogP) is 1.72. The van der Waals surface area contributed by atoms with Gasteiger partial charge >= 0.3 is 5.69 Å². The zero-order chi connectivity index (χ0) is 15.0. The minimum atomic E-state index is -0.381. The average Bonchev–Trinajstić information content (AvgIpc) is 2.84. The summed E-state index contributed by atoms with van der Waals surface area (Å²) < 4.78 is 5.11. The SMILES string of the molecule is COc1ccc([N+](=O)[O-])c(N(C)C2CC3CCC(C2)N3)n1. The first-order chi connectivity index (χ1) is 10.1. The van der Waals surface area contributed by atoms with Crippen molar-refractivity contribution < 1.29 is 9.66 Å². The van der Waals surface area contributed by atoms with E-state index in [2.05, 4.69) is 10.3 Å². The number of hydrogen-bond donors (Lipinski definition) is 1. The third-order valence-electron chi connectivity index (χ3n) is 4.56. The lowest BCUT2D eigenvalue weighted by Gasteiger charge is -2.35. The van der Waals surface area contributed by atoms with Gasteiger partial charge in [-0.25, -0.2) is 0 Å². The van der Waals surface area contributed by atoms with Crippen LogP contribution < -0.4 is 15.0 Å². The molecule has 2 fully saturated rings. The number of methoxy groups -OCH3 is 1. The van der Waals surface area contributed by atoms with E-state index < -0.39 is 0 Å². The molecule has 0 saturated carbocycles. The normalized spacial score (nSPS) is 27.4. The second-order valence-electron chi connectivity index (χ2n) is 5.83. The molecule has 0 radical (unpaired) electrons. The molecule has 2 aliphatic heterocycles. The fourth-order valence-corrected chi connectivity index (χ4v) is 3.46. The first-order valence-electron chi connectivity index (χ1n) is 7.26. The van der Waals surface area contributed by atoms with Crippen LogP contribution in [-0.2, 0) is 0 Å². The summed E-state index contributed by atoms with van der Waals surface area (Å²) in [6, 6.07) is 4.33. The number of fused-ring (bicyclic) bond motifs is 2. The van der Waals surface area contributed by atoms with Crippen LogP contribution >= 0.6 is 0 Å². The third kappa shape index (κ3) is 2.65. The number of rotatable bonds is 4. The molecule has 2 atom stereocenters. The van der Waals surface area contributed by atoms with Gasteiger partial charge in [-0.15, -0.1) is 0 Å². The van der Waals surface area contributed by atoms with Crippen LogP contribution in [0, 0.1) is 10.1 Å². The third-order valence-corrected chi connectivity index (χ3v) is 4.56. The second kappa shape index (κ2) is 5.48. The second-order valence-corrected chi connectivity index (χ2v) is 5.83. The lowest BCUT2D eigenvalue weighted by atomic mass is 9.98. The number of nitrogens with one attached hydrogen (secondary N) is 1. The van der Waals surface area contributed by atoms with Crippen molar-refractivity contribution in [1.82, 2.24) is 10.3 Å². The van der Waals surface area contributed by atoms with Gasteiger partial charge in [-0.2, -0.15) is 4.98 Å². The van der Waals surface area contributed by atoms with Crippen LogP contribution in [0.4, 0.5) is 11.5 Å². The lowest BCUT2D eigenvalue weighted by Crippen LogP contribution is -2.47. The number of anilines is 1. The number of piperidine rings is 1. The maximum absolute atomic E-state index is 11.2. The number of pyridine rings is 1. The summed E-state index contributed by atoms with van der Waals surface area (Å²) in [5, 5.41) is 14.8. The summed E-state index contributed by atoms with van der Waals surface area (Å²) >= 11 is 0. The first kappa shape index (κ1) is 14.1. The van der Waals surface area contributed by atoms with Crippen molar-refractivity contribution >= 4 is 11.5 Å². The highest BCUT2D eigenvalue weighted by molar-refractivity contribution is 5.59. The number of aromatic nitrogens is 1. The summed E-state index contributed by atoms with van der Waals surface area (Å²) in [5.74, 6) is 0.796. The standard InChI is InChI=1S/C14H20N4O3/c1-17(11-7-9-3-4-10(8-11)15-9)14-12(18(19)20)5-6-13(16-14)21-2/h5-6,9-11,15H,3-4,7-8H2,1-2H3. The molecule has 1 N–H and O–H groups in total. The van der Waals surface area contributed by atoms with Crippen LogP contribution in [0.25, 0.3) is 0 Å². The summed E-state index contributed by atoms with van der Waals surface area (Å²) in [6.45, 7) is 0. The van der Waals surface area contributed by atoms with Gasteiger partial charge < -0.3 is 15.0 Å². The Labute approximate surface area is 123 Å². The van der Waals surface area contributed by atoms with Gasteiger partial charge in [-0.3, -0.25) is 10.1 Å². The van der Waals surface area contributed by atoms with Crippen molar-refractivity contribution in [3.8, 4) is 5.88 Å².